The van der Waals surface area contributed by atoms with Crippen LogP contribution in [0.2, 0.25) is 10.0 Å². The summed E-state index contributed by atoms with van der Waals surface area (Å²) in [5.41, 5.74) is 4.64. The summed E-state index contributed by atoms with van der Waals surface area (Å²) in [6, 6.07) is 13.7. The average Bonchev–Trinajstić information content (AvgIpc) is 3.53. The quantitative estimate of drug-likeness (QED) is 0.144. The summed E-state index contributed by atoms with van der Waals surface area (Å²) in [4.78, 5) is 27.6. The molecule has 0 spiro atoms. The fraction of sp³-hybridized carbons (Fsp3) is 0.378. The van der Waals surface area contributed by atoms with Crippen LogP contribution in [0, 0.1) is 0 Å². The van der Waals surface area contributed by atoms with E-state index >= 15 is 0 Å². The number of hydrogen-bond donors (Lipinski definition) is 3. The molecule has 1 aliphatic rings. The number of likely N-dealkylation sites (tertiary alicyclic amines) is 1. The number of pyridine rings is 3. The Bertz CT molecular complexity index is 2040. The number of nitrogens with one attached hydrogen (secondary N) is 2. The first kappa shape index (κ1) is 36.5. The Morgan fingerprint density at radius 2 is 1.75 bits per heavy atom. The second-order valence-corrected chi connectivity index (χ2v) is 14.0. The van der Waals surface area contributed by atoms with Gasteiger partial charge >= 0.3 is 0 Å². The molecule has 14 heteroatoms. The van der Waals surface area contributed by atoms with Crippen molar-refractivity contribution in [1.29, 1.82) is 0 Å². The third-order valence-corrected chi connectivity index (χ3v) is 9.68. The Labute approximate surface area is 307 Å². The number of carbonyl (C=O) groups is 1. The lowest BCUT2D eigenvalue weighted by atomic mass is 9.99. The molecule has 268 valence electrons. The zero-order valence-corrected chi connectivity index (χ0v) is 30.8. The molecular formula is C37H42Cl2N8O4. The highest BCUT2D eigenvalue weighted by Crippen LogP contribution is 2.42. The normalized spacial score (nSPS) is 13.9. The predicted molar refractivity (Wildman–Crippen MR) is 198 cm³/mol. The van der Waals surface area contributed by atoms with Crippen LogP contribution in [-0.4, -0.2) is 86.0 Å². The van der Waals surface area contributed by atoms with Gasteiger partial charge in [0.1, 0.15) is 0 Å². The summed E-state index contributed by atoms with van der Waals surface area (Å²) >= 11 is 14.2. The summed E-state index contributed by atoms with van der Waals surface area (Å²) < 4.78 is 13.0. The number of piperidine rings is 1. The monoisotopic (exact) mass is 732 g/mol. The van der Waals surface area contributed by atoms with Gasteiger partial charge in [-0.1, -0.05) is 47.5 Å². The van der Waals surface area contributed by atoms with Gasteiger partial charge in [-0.2, -0.15) is 0 Å². The fourth-order valence-corrected chi connectivity index (χ4v) is 6.86. The molecule has 5 heterocycles. The van der Waals surface area contributed by atoms with Gasteiger partial charge in [-0.3, -0.25) is 9.78 Å². The first-order valence-electron chi connectivity index (χ1n) is 16.8. The standard InChI is InChI=1S/C37H42Cl2N8O4/c1-22(48)46-15-12-25(13-16-46)42-18-23-9-10-29(43-36(23)51-5)28-8-6-7-26(32(28)38)27-11-14-41-34(33(27)39)24-17-30(50-4)35-44-31(45-47(35)20-24)19-40-21-37(2,3)49/h6-11,14,17,20,25,40,42,49H,12-13,15-16,18-19,21H2,1-5H3. The van der Waals surface area contributed by atoms with Crippen LogP contribution in [0.4, 0.5) is 0 Å². The number of aromatic nitrogens is 5. The molecule has 1 aliphatic heterocycles. The number of nitrogens with zero attached hydrogens (tertiary/aromatic N) is 6. The predicted octanol–water partition coefficient (Wildman–Crippen LogP) is 5.81. The number of aliphatic hydroxyl groups is 1. The van der Waals surface area contributed by atoms with Crippen LogP contribution in [0.15, 0.2) is 54.9 Å². The van der Waals surface area contributed by atoms with E-state index in [-0.39, 0.29) is 5.91 Å². The van der Waals surface area contributed by atoms with Crippen LogP contribution in [-0.2, 0) is 17.9 Å². The molecule has 4 aromatic heterocycles. The summed E-state index contributed by atoms with van der Waals surface area (Å²) in [7, 11) is 3.18. The Hall–Kier alpha value is -4.33. The van der Waals surface area contributed by atoms with Crippen molar-refractivity contribution in [2.45, 2.75) is 58.3 Å². The van der Waals surface area contributed by atoms with E-state index in [9.17, 15) is 9.90 Å². The van der Waals surface area contributed by atoms with Crippen molar-refractivity contribution < 1.29 is 19.4 Å². The molecule has 0 saturated carbocycles. The molecule has 3 N–H and O–H groups in total. The van der Waals surface area contributed by atoms with Crippen molar-refractivity contribution >= 4 is 34.8 Å². The highest BCUT2D eigenvalue weighted by molar-refractivity contribution is 6.39. The molecule has 0 unspecified atom stereocenters. The van der Waals surface area contributed by atoms with E-state index in [0.29, 0.717) is 81.3 Å². The van der Waals surface area contributed by atoms with Crippen LogP contribution >= 0.6 is 23.2 Å². The second-order valence-electron chi connectivity index (χ2n) is 13.2. The number of carbonyl (C=O) groups excluding carboxylic acids is 1. The Morgan fingerprint density at radius 3 is 2.45 bits per heavy atom. The van der Waals surface area contributed by atoms with Gasteiger partial charge in [0.2, 0.25) is 11.8 Å². The first-order valence-corrected chi connectivity index (χ1v) is 17.5. The van der Waals surface area contributed by atoms with E-state index in [0.717, 1.165) is 42.6 Å². The maximum absolute atomic E-state index is 11.7. The van der Waals surface area contributed by atoms with E-state index < -0.39 is 5.60 Å². The zero-order chi connectivity index (χ0) is 36.3. The summed E-state index contributed by atoms with van der Waals surface area (Å²) in [6.45, 7) is 7.95. The van der Waals surface area contributed by atoms with Crippen molar-refractivity contribution in [2.75, 3.05) is 33.9 Å². The summed E-state index contributed by atoms with van der Waals surface area (Å²) in [5.74, 6) is 1.69. The Kier molecular flexibility index (Phi) is 11.1. The van der Waals surface area contributed by atoms with Crippen molar-refractivity contribution in [3.8, 4) is 45.3 Å². The van der Waals surface area contributed by atoms with E-state index in [1.807, 2.05) is 53.6 Å². The second kappa shape index (κ2) is 15.5. The summed E-state index contributed by atoms with van der Waals surface area (Å²) in [6.07, 6.45) is 5.31. The third-order valence-electron chi connectivity index (χ3n) is 8.89. The van der Waals surface area contributed by atoms with Crippen molar-refractivity contribution in [1.82, 2.24) is 40.1 Å². The van der Waals surface area contributed by atoms with Gasteiger partial charge in [-0.15, -0.1) is 5.10 Å². The largest absolute Gasteiger partial charge is 0.493 e. The average molecular weight is 734 g/mol. The van der Waals surface area contributed by atoms with Gasteiger partial charge in [0, 0.05) is 79.4 Å². The SMILES string of the molecule is COc1nc(-c2cccc(-c3ccnc(-c4cc(OC)c5nc(CNCC(C)(C)O)nn5c4)c3Cl)c2Cl)ccc1CNC1CCN(C(C)=O)CC1. The number of amides is 1. The highest BCUT2D eigenvalue weighted by Gasteiger charge is 2.22. The van der Waals surface area contributed by atoms with E-state index in [1.165, 1.54) is 0 Å². The topological polar surface area (TPSA) is 139 Å². The number of rotatable bonds is 12. The molecule has 1 saturated heterocycles. The Morgan fingerprint density at radius 1 is 1.00 bits per heavy atom. The summed E-state index contributed by atoms with van der Waals surface area (Å²) in [5, 5.41) is 22.3. The number of benzene rings is 1. The van der Waals surface area contributed by atoms with Crippen LogP contribution in [0.1, 0.15) is 45.0 Å². The zero-order valence-electron chi connectivity index (χ0n) is 29.3. The van der Waals surface area contributed by atoms with Gasteiger partial charge in [0.15, 0.2) is 17.2 Å². The molecule has 0 bridgehead atoms. The number of fused-ring (bicyclic) bond motifs is 1. The molecular weight excluding hydrogens is 691 g/mol. The molecule has 12 nitrogen and oxygen atoms in total. The smallest absolute Gasteiger partial charge is 0.219 e. The number of ether oxygens (including phenoxy) is 2. The molecule has 0 atom stereocenters. The number of hydrogen-bond acceptors (Lipinski definition) is 10. The lowest BCUT2D eigenvalue weighted by Crippen LogP contribution is -2.44. The number of methoxy groups -OCH3 is 2. The van der Waals surface area contributed by atoms with Crippen molar-refractivity contribution in [2.24, 2.45) is 0 Å². The lowest BCUT2D eigenvalue weighted by molar-refractivity contribution is -0.129. The lowest BCUT2D eigenvalue weighted by Gasteiger charge is -2.31. The molecule has 1 fully saturated rings. The first-order chi connectivity index (χ1) is 24.5. The maximum atomic E-state index is 11.7. The van der Waals surface area contributed by atoms with Crippen LogP contribution in [0.3, 0.4) is 0 Å². The van der Waals surface area contributed by atoms with Crippen LogP contribution < -0.4 is 20.1 Å². The minimum absolute atomic E-state index is 0.123. The minimum atomic E-state index is -0.858. The third kappa shape index (κ3) is 8.26. The van der Waals surface area contributed by atoms with Gasteiger partial charge in [-0.25, -0.2) is 14.5 Å². The molecule has 1 amide bonds. The van der Waals surface area contributed by atoms with Crippen LogP contribution in [0.25, 0.3) is 39.3 Å². The molecule has 0 radical (unpaired) electrons. The molecule has 1 aromatic carbocycles. The maximum Gasteiger partial charge on any atom is 0.219 e. The van der Waals surface area contributed by atoms with E-state index in [2.05, 4.69) is 25.7 Å². The van der Waals surface area contributed by atoms with Gasteiger partial charge in [0.05, 0.1) is 47.8 Å². The van der Waals surface area contributed by atoms with Crippen LogP contribution in [0.5, 0.6) is 11.6 Å². The van der Waals surface area contributed by atoms with Gasteiger partial charge < -0.3 is 30.1 Å². The highest BCUT2D eigenvalue weighted by atomic mass is 35.5. The Balaban J connectivity index is 1.25. The van der Waals surface area contributed by atoms with E-state index in [4.69, 9.17) is 37.7 Å². The molecule has 6 rings (SSSR count). The van der Waals surface area contributed by atoms with Crippen molar-refractivity contribution in [3.63, 3.8) is 0 Å². The van der Waals surface area contributed by atoms with Gasteiger partial charge in [-0.05, 0) is 44.9 Å². The van der Waals surface area contributed by atoms with Gasteiger partial charge in [0.25, 0.3) is 0 Å². The number of halogens is 2. The van der Waals surface area contributed by atoms with E-state index in [1.54, 1.807) is 45.7 Å². The molecule has 0 aliphatic carbocycles. The fourth-order valence-electron chi connectivity index (χ4n) is 6.21. The molecule has 51 heavy (non-hydrogen) atoms. The molecule has 5 aromatic rings. The minimum Gasteiger partial charge on any atom is -0.493 e. The van der Waals surface area contributed by atoms with Crippen molar-refractivity contribution in [3.05, 3.63) is 76.3 Å².